The summed E-state index contributed by atoms with van der Waals surface area (Å²) >= 11 is 15.0. The van der Waals surface area contributed by atoms with Gasteiger partial charge in [0.05, 0.1) is 21.8 Å². The third-order valence-electron chi connectivity index (χ3n) is 2.64. The van der Waals surface area contributed by atoms with Crippen molar-refractivity contribution in [2.75, 3.05) is 5.32 Å². The Balaban J connectivity index is 2.31. The van der Waals surface area contributed by atoms with E-state index in [0.717, 1.165) is 0 Å². The highest BCUT2D eigenvalue weighted by Gasteiger charge is 2.14. The SMILES string of the molecule is O=C(O)c1ccc(Br)c(NC(=O)c2ccc(Cl)cc2Cl)c1. The molecular formula is C14H8BrCl2NO3. The Hall–Kier alpha value is -1.56. The van der Waals surface area contributed by atoms with Gasteiger partial charge in [-0.1, -0.05) is 23.2 Å². The number of nitrogens with one attached hydrogen (secondary N) is 1. The Kier molecular flexibility index (Phi) is 4.88. The van der Waals surface area contributed by atoms with Crippen LogP contribution in [0.2, 0.25) is 10.0 Å². The van der Waals surface area contributed by atoms with Gasteiger partial charge < -0.3 is 10.4 Å². The molecule has 0 aliphatic carbocycles. The third kappa shape index (κ3) is 3.75. The van der Waals surface area contributed by atoms with Crippen molar-refractivity contribution in [2.45, 2.75) is 0 Å². The molecule has 0 atom stereocenters. The number of carboxylic acid groups (broad SMARTS) is 1. The first-order valence-corrected chi connectivity index (χ1v) is 7.22. The Morgan fingerprint density at radius 1 is 1.10 bits per heavy atom. The van der Waals surface area contributed by atoms with Crippen molar-refractivity contribution in [1.29, 1.82) is 0 Å². The van der Waals surface area contributed by atoms with E-state index >= 15 is 0 Å². The van der Waals surface area contributed by atoms with Gasteiger partial charge in [0.15, 0.2) is 0 Å². The maximum Gasteiger partial charge on any atom is 0.335 e. The van der Waals surface area contributed by atoms with E-state index in [4.69, 9.17) is 28.3 Å². The zero-order chi connectivity index (χ0) is 15.6. The average molecular weight is 389 g/mol. The fourth-order valence-corrected chi connectivity index (χ4v) is 2.46. The van der Waals surface area contributed by atoms with Crippen LogP contribution in [0, 0.1) is 0 Å². The van der Waals surface area contributed by atoms with Crippen molar-refractivity contribution in [3.63, 3.8) is 0 Å². The van der Waals surface area contributed by atoms with E-state index in [2.05, 4.69) is 21.2 Å². The number of halogens is 3. The molecule has 4 nitrogen and oxygen atoms in total. The van der Waals surface area contributed by atoms with Gasteiger partial charge in [-0.15, -0.1) is 0 Å². The number of anilines is 1. The zero-order valence-corrected chi connectivity index (χ0v) is 13.5. The number of aromatic carboxylic acids is 1. The molecule has 0 fully saturated rings. The molecule has 108 valence electrons. The molecule has 0 heterocycles. The molecule has 2 aromatic rings. The molecule has 7 heteroatoms. The van der Waals surface area contributed by atoms with E-state index in [0.29, 0.717) is 15.2 Å². The lowest BCUT2D eigenvalue weighted by atomic mass is 10.1. The molecule has 2 rings (SSSR count). The standard InChI is InChI=1S/C14H8BrCl2NO3/c15-10-4-1-7(14(20)21)5-12(10)18-13(19)9-3-2-8(16)6-11(9)17/h1-6H,(H,18,19)(H,20,21). The van der Waals surface area contributed by atoms with Gasteiger partial charge in [-0.2, -0.15) is 0 Å². The third-order valence-corrected chi connectivity index (χ3v) is 3.88. The first kappa shape index (κ1) is 15.8. The Morgan fingerprint density at radius 3 is 2.43 bits per heavy atom. The van der Waals surface area contributed by atoms with Crippen molar-refractivity contribution in [1.82, 2.24) is 0 Å². The highest BCUT2D eigenvalue weighted by Crippen LogP contribution is 2.26. The van der Waals surface area contributed by atoms with Crippen molar-refractivity contribution in [2.24, 2.45) is 0 Å². The molecule has 21 heavy (non-hydrogen) atoms. The van der Waals surface area contributed by atoms with Gasteiger partial charge in [0.25, 0.3) is 5.91 Å². The van der Waals surface area contributed by atoms with Crippen molar-refractivity contribution < 1.29 is 14.7 Å². The van der Waals surface area contributed by atoms with Gasteiger partial charge in [0.2, 0.25) is 0 Å². The quantitative estimate of drug-likeness (QED) is 0.800. The second-order valence-electron chi connectivity index (χ2n) is 4.08. The van der Waals surface area contributed by atoms with E-state index < -0.39 is 11.9 Å². The topological polar surface area (TPSA) is 66.4 Å². The van der Waals surface area contributed by atoms with Gasteiger partial charge in [-0.3, -0.25) is 4.79 Å². The molecule has 2 aromatic carbocycles. The zero-order valence-electron chi connectivity index (χ0n) is 10.4. The summed E-state index contributed by atoms with van der Waals surface area (Å²) in [7, 11) is 0. The molecule has 0 saturated carbocycles. The number of amides is 1. The summed E-state index contributed by atoms with van der Waals surface area (Å²) in [5.41, 5.74) is 0.648. The van der Waals surface area contributed by atoms with Crippen molar-refractivity contribution >= 4 is 56.7 Å². The summed E-state index contributed by atoms with van der Waals surface area (Å²) in [4.78, 5) is 23.1. The van der Waals surface area contributed by atoms with Crippen molar-refractivity contribution in [3.8, 4) is 0 Å². The van der Waals surface area contributed by atoms with Crippen LogP contribution in [0.5, 0.6) is 0 Å². The fraction of sp³-hybridized carbons (Fsp3) is 0. The van der Waals surface area contributed by atoms with Gasteiger partial charge in [-0.05, 0) is 52.3 Å². The fourth-order valence-electron chi connectivity index (χ4n) is 1.62. The van der Waals surface area contributed by atoms with Gasteiger partial charge >= 0.3 is 5.97 Å². The lowest BCUT2D eigenvalue weighted by Gasteiger charge is -2.09. The number of rotatable bonds is 3. The van der Waals surface area contributed by atoms with Crippen LogP contribution in [-0.2, 0) is 0 Å². The van der Waals surface area contributed by atoms with E-state index in [9.17, 15) is 9.59 Å². The first-order chi connectivity index (χ1) is 9.88. The molecule has 0 unspecified atom stereocenters. The molecule has 0 spiro atoms. The molecule has 0 radical (unpaired) electrons. The van der Waals surface area contributed by atoms with E-state index in [1.165, 1.54) is 24.3 Å². The Bertz CT molecular complexity index is 734. The van der Waals surface area contributed by atoms with Crippen LogP contribution >= 0.6 is 39.1 Å². The summed E-state index contributed by atoms with van der Waals surface area (Å²) in [5.74, 6) is -1.54. The molecule has 0 saturated heterocycles. The highest BCUT2D eigenvalue weighted by molar-refractivity contribution is 9.10. The van der Waals surface area contributed by atoms with Crippen LogP contribution in [0.1, 0.15) is 20.7 Å². The van der Waals surface area contributed by atoms with E-state index in [1.54, 1.807) is 12.1 Å². The number of carbonyl (C=O) groups is 2. The minimum absolute atomic E-state index is 0.0655. The summed E-state index contributed by atoms with van der Waals surface area (Å²) in [6.45, 7) is 0. The highest BCUT2D eigenvalue weighted by atomic mass is 79.9. The predicted molar refractivity (Wildman–Crippen MR) is 85.5 cm³/mol. The van der Waals surface area contributed by atoms with E-state index in [-0.39, 0.29) is 16.1 Å². The van der Waals surface area contributed by atoms with Crippen LogP contribution in [-0.4, -0.2) is 17.0 Å². The Labute approximate surface area is 138 Å². The molecule has 0 aliphatic rings. The maximum atomic E-state index is 12.2. The number of carbonyl (C=O) groups excluding carboxylic acids is 1. The first-order valence-electron chi connectivity index (χ1n) is 5.67. The number of benzene rings is 2. The van der Waals surface area contributed by atoms with Gasteiger partial charge in [0, 0.05) is 9.50 Å². The average Bonchev–Trinajstić information content (AvgIpc) is 2.40. The lowest BCUT2D eigenvalue weighted by Crippen LogP contribution is -2.13. The normalized spacial score (nSPS) is 10.2. The summed E-state index contributed by atoms with van der Waals surface area (Å²) in [5, 5.41) is 12.2. The van der Waals surface area contributed by atoms with Crippen LogP contribution in [0.4, 0.5) is 5.69 Å². The van der Waals surface area contributed by atoms with Crippen molar-refractivity contribution in [3.05, 3.63) is 62.0 Å². The number of hydrogen-bond donors (Lipinski definition) is 2. The molecule has 2 N–H and O–H groups in total. The number of carboxylic acids is 1. The van der Waals surface area contributed by atoms with Gasteiger partial charge in [0.1, 0.15) is 0 Å². The molecule has 0 aromatic heterocycles. The lowest BCUT2D eigenvalue weighted by molar-refractivity contribution is 0.0696. The summed E-state index contributed by atoms with van der Waals surface area (Å²) in [6.07, 6.45) is 0. The predicted octanol–water partition coefficient (Wildman–Crippen LogP) is 4.71. The largest absolute Gasteiger partial charge is 0.478 e. The van der Waals surface area contributed by atoms with Gasteiger partial charge in [-0.25, -0.2) is 4.79 Å². The molecular weight excluding hydrogens is 381 g/mol. The monoisotopic (exact) mass is 387 g/mol. The van der Waals surface area contributed by atoms with Crippen LogP contribution in [0.3, 0.4) is 0 Å². The minimum Gasteiger partial charge on any atom is -0.478 e. The second-order valence-corrected chi connectivity index (χ2v) is 5.78. The molecule has 1 amide bonds. The van der Waals surface area contributed by atoms with Crippen LogP contribution in [0.15, 0.2) is 40.9 Å². The Morgan fingerprint density at radius 2 is 1.81 bits per heavy atom. The molecule has 0 aliphatic heterocycles. The second kappa shape index (κ2) is 6.47. The van der Waals surface area contributed by atoms with Crippen LogP contribution in [0.25, 0.3) is 0 Å². The summed E-state index contributed by atoms with van der Waals surface area (Å²) in [6, 6.07) is 8.83. The minimum atomic E-state index is -1.08. The van der Waals surface area contributed by atoms with E-state index in [1.807, 2.05) is 0 Å². The smallest absolute Gasteiger partial charge is 0.335 e. The van der Waals surface area contributed by atoms with Crippen LogP contribution < -0.4 is 5.32 Å². The molecule has 0 bridgehead atoms. The summed E-state index contributed by atoms with van der Waals surface area (Å²) < 4.78 is 0.561. The number of hydrogen-bond acceptors (Lipinski definition) is 2. The maximum absolute atomic E-state index is 12.2.